The van der Waals surface area contributed by atoms with E-state index in [-0.39, 0.29) is 12.0 Å². The highest BCUT2D eigenvalue weighted by molar-refractivity contribution is 5.90. The van der Waals surface area contributed by atoms with Crippen LogP contribution in [-0.2, 0) is 31.3 Å². The molecule has 1 aliphatic rings. The van der Waals surface area contributed by atoms with Crippen LogP contribution in [0.25, 0.3) is 0 Å². The number of methoxy groups -OCH3 is 1. The van der Waals surface area contributed by atoms with Crippen LogP contribution in [0.4, 0.5) is 0 Å². The number of aryl methyl sites for hydroxylation is 1. The monoisotopic (exact) mass is 360 g/mol. The van der Waals surface area contributed by atoms with E-state index in [1.807, 2.05) is 24.3 Å². The molecule has 0 aliphatic carbocycles. The van der Waals surface area contributed by atoms with Crippen molar-refractivity contribution < 1.29 is 9.53 Å². The first-order valence-corrected chi connectivity index (χ1v) is 9.25. The third kappa shape index (κ3) is 3.40. The van der Waals surface area contributed by atoms with Gasteiger partial charge >= 0.3 is 5.97 Å². The number of nitrogens with zero attached hydrogens (tertiary/aromatic N) is 2. The van der Waals surface area contributed by atoms with Crippen LogP contribution < -0.4 is 0 Å². The highest BCUT2D eigenvalue weighted by Crippen LogP contribution is 2.35. The van der Waals surface area contributed by atoms with E-state index < -0.39 is 0 Å². The Morgan fingerprint density at radius 1 is 1.07 bits per heavy atom. The van der Waals surface area contributed by atoms with Crippen molar-refractivity contribution in [2.24, 2.45) is 7.05 Å². The third-order valence-corrected chi connectivity index (χ3v) is 5.48. The molecule has 0 N–H and O–H groups in total. The molecular formula is C23H24N2O2. The van der Waals surface area contributed by atoms with Gasteiger partial charge in [0.2, 0.25) is 0 Å². The lowest BCUT2D eigenvalue weighted by atomic mass is 9.92. The fourth-order valence-electron chi connectivity index (χ4n) is 4.01. The number of aromatic nitrogens is 1. The number of hydrogen-bond donors (Lipinski definition) is 0. The molecule has 3 aromatic rings. The van der Waals surface area contributed by atoms with E-state index in [2.05, 4.69) is 59.1 Å². The standard InChI is InChI=1S/C23H24N2O2/c1-24-13-12-18-14-21(17-8-4-3-5-9-17)25(16-22(18)24)15-19-10-6-7-11-20(19)23(26)27-2/h3-13,21H,14-16H2,1-2H3. The van der Waals surface area contributed by atoms with Crippen LogP contribution in [0, 0.1) is 0 Å². The Balaban J connectivity index is 1.71. The summed E-state index contributed by atoms with van der Waals surface area (Å²) >= 11 is 0. The van der Waals surface area contributed by atoms with Crippen molar-refractivity contribution >= 4 is 5.97 Å². The molecule has 4 heteroatoms. The van der Waals surface area contributed by atoms with Crippen molar-refractivity contribution in [3.8, 4) is 0 Å². The Hall–Kier alpha value is -2.85. The lowest BCUT2D eigenvalue weighted by molar-refractivity contribution is 0.0596. The first kappa shape index (κ1) is 17.6. The van der Waals surface area contributed by atoms with Crippen molar-refractivity contribution in [2.75, 3.05) is 7.11 Å². The second-order valence-corrected chi connectivity index (χ2v) is 7.08. The summed E-state index contributed by atoms with van der Waals surface area (Å²) in [4.78, 5) is 14.7. The van der Waals surface area contributed by atoms with Crippen LogP contribution in [-0.4, -0.2) is 22.5 Å². The molecule has 0 amide bonds. The highest BCUT2D eigenvalue weighted by atomic mass is 16.5. The minimum Gasteiger partial charge on any atom is -0.465 e. The maximum absolute atomic E-state index is 12.2. The van der Waals surface area contributed by atoms with Crippen molar-refractivity contribution in [1.29, 1.82) is 0 Å². The first-order valence-electron chi connectivity index (χ1n) is 9.25. The van der Waals surface area contributed by atoms with Crippen LogP contribution in [0.2, 0.25) is 0 Å². The smallest absolute Gasteiger partial charge is 0.338 e. The van der Waals surface area contributed by atoms with Gasteiger partial charge in [0, 0.05) is 38.1 Å². The predicted octanol–water partition coefficient (Wildman–Crippen LogP) is 4.11. The fraction of sp³-hybridized carbons (Fsp3) is 0.261. The summed E-state index contributed by atoms with van der Waals surface area (Å²) in [6, 6.07) is 20.9. The summed E-state index contributed by atoms with van der Waals surface area (Å²) < 4.78 is 7.18. The number of esters is 1. The molecule has 0 bridgehead atoms. The van der Waals surface area contributed by atoms with Crippen LogP contribution in [0.1, 0.15) is 38.8 Å². The molecule has 0 fully saturated rings. The Morgan fingerprint density at radius 2 is 1.81 bits per heavy atom. The van der Waals surface area contributed by atoms with E-state index in [0.717, 1.165) is 18.5 Å². The van der Waals surface area contributed by atoms with E-state index in [4.69, 9.17) is 4.74 Å². The molecule has 4 nitrogen and oxygen atoms in total. The number of rotatable bonds is 4. The second-order valence-electron chi connectivity index (χ2n) is 7.08. The van der Waals surface area contributed by atoms with Gasteiger partial charge in [-0.05, 0) is 35.2 Å². The van der Waals surface area contributed by atoms with Crippen LogP contribution in [0.3, 0.4) is 0 Å². The highest BCUT2D eigenvalue weighted by Gasteiger charge is 2.29. The van der Waals surface area contributed by atoms with Gasteiger partial charge in [0.1, 0.15) is 0 Å². The minimum atomic E-state index is -0.279. The summed E-state index contributed by atoms with van der Waals surface area (Å²) in [5.74, 6) is -0.279. The van der Waals surface area contributed by atoms with Crippen molar-refractivity contribution in [2.45, 2.75) is 25.6 Å². The molecule has 0 saturated heterocycles. The van der Waals surface area contributed by atoms with E-state index in [0.29, 0.717) is 12.1 Å². The summed E-state index contributed by atoms with van der Waals surface area (Å²) in [6.45, 7) is 1.56. The largest absolute Gasteiger partial charge is 0.465 e. The zero-order chi connectivity index (χ0) is 18.8. The van der Waals surface area contributed by atoms with E-state index in [9.17, 15) is 4.79 Å². The van der Waals surface area contributed by atoms with Gasteiger partial charge < -0.3 is 9.30 Å². The lowest BCUT2D eigenvalue weighted by Crippen LogP contribution is -2.34. The van der Waals surface area contributed by atoms with E-state index in [1.54, 1.807) is 0 Å². The van der Waals surface area contributed by atoms with E-state index >= 15 is 0 Å². The topological polar surface area (TPSA) is 34.5 Å². The Bertz CT molecular complexity index is 946. The zero-order valence-electron chi connectivity index (χ0n) is 15.8. The summed E-state index contributed by atoms with van der Waals surface area (Å²) in [5.41, 5.74) is 5.71. The SMILES string of the molecule is COC(=O)c1ccccc1CN1Cc2c(ccn2C)CC1c1ccccc1. The number of benzene rings is 2. The van der Waals surface area contributed by atoms with Crippen molar-refractivity contribution in [3.63, 3.8) is 0 Å². The molecule has 2 aromatic carbocycles. The summed E-state index contributed by atoms with van der Waals surface area (Å²) in [5, 5.41) is 0. The van der Waals surface area contributed by atoms with Crippen LogP contribution >= 0.6 is 0 Å². The molecule has 138 valence electrons. The van der Waals surface area contributed by atoms with Gasteiger partial charge in [-0.2, -0.15) is 0 Å². The molecule has 1 aromatic heterocycles. The van der Waals surface area contributed by atoms with Crippen LogP contribution in [0.15, 0.2) is 66.9 Å². The molecule has 27 heavy (non-hydrogen) atoms. The van der Waals surface area contributed by atoms with Gasteiger partial charge in [-0.3, -0.25) is 4.90 Å². The van der Waals surface area contributed by atoms with Gasteiger partial charge in [-0.25, -0.2) is 4.79 Å². The van der Waals surface area contributed by atoms with Gasteiger partial charge in [-0.15, -0.1) is 0 Å². The molecule has 1 unspecified atom stereocenters. The third-order valence-electron chi connectivity index (χ3n) is 5.48. The number of carbonyl (C=O) groups excluding carboxylic acids is 1. The number of hydrogen-bond acceptors (Lipinski definition) is 3. The molecular weight excluding hydrogens is 336 g/mol. The molecule has 0 saturated carbocycles. The van der Waals surface area contributed by atoms with Gasteiger partial charge in [-0.1, -0.05) is 48.5 Å². The summed E-state index contributed by atoms with van der Waals surface area (Å²) in [7, 11) is 3.53. The fourth-order valence-corrected chi connectivity index (χ4v) is 4.01. The van der Waals surface area contributed by atoms with E-state index in [1.165, 1.54) is 23.9 Å². The Morgan fingerprint density at radius 3 is 2.59 bits per heavy atom. The second kappa shape index (κ2) is 7.41. The Kier molecular flexibility index (Phi) is 4.82. The van der Waals surface area contributed by atoms with Gasteiger partial charge in [0.15, 0.2) is 0 Å². The van der Waals surface area contributed by atoms with Crippen LogP contribution in [0.5, 0.6) is 0 Å². The molecule has 1 aliphatic heterocycles. The molecule has 4 rings (SSSR count). The van der Waals surface area contributed by atoms with Gasteiger partial charge in [0.25, 0.3) is 0 Å². The first-order chi connectivity index (χ1) is 13.2. The minimum absolute atomic E-state index is 0.279. The normalized spacial score (nSPS) is 16.7. The maximum atomic E-state index is 12.2. The molecule has 1 atom stereocenters. The molecule has 0 spiro atoms. The molecule has 2 heterocycles. The zero-order valence-corrected chi connectivity index (χ0v) is 15.8. The number of fused-ring (bicyclic) bond motifs is 1. The van der Waals surface area contributed by atoms with Crippen molar-refractivity contribution in [1.82, 2.24) is 9.47 Å². The number of carbonyl (C=O) groups is 1. The average molecular weight is 360 g/mol. The lowest BCUT2D eigenvalue weighted by Gasteiger charge is -2.37. The quantitative estimate of drug-likeness (QED) is 0.657. The van der Waals surface area contributed by atoms with Crippen molar-refractivity contribution in [3.05, 3.63) is 94.8 Å². The average Bonchev–Trinajstić information content (AvgIpc) is 3.08. The predicted molar refractivity (Wildman–Crippen MR) is 105 cm³/mol. The summed E-state index contributed by atoms with van der Waals surface area (Å²) in [6.07, 6.45) is 3.11. The Labute approximate surface area is 160 Å². The maximum Gasteiger partial charge on any atom is 0.338 e. The van der Waals surface area contributed by atoms with Gasteiger partial charge in [0.05, 0.1) is 12.7 Å². The number of ether oxygens (including phenoxy) is 1. The molecule has 0 radical (unpaired) electrons.